The summed E-state index contributed by atoms with van der Waals surface area (Å²) in [7, 11) is 0. The van der Waals surface area contributed by atoms with E-state index in [0.29, 0.717) is 18.8 Å². The number of nitrogens with zero attached hydrogens (tertiary/aromatic N) is 2. The molecule has 18 heavy (non-hydrogen) atoms. The highest BCUT2D eigenvalue weighted by Gasteiger charge is 2.34. The molecule has 96 valence electrons. The average Bonchev–Trinajstić information content (AvgIpc) is 2.86. The molecular formula is C13H16N2O3. The van der Waals surface area contributed by atoms with E-state index < -0.39 is 5.41 Å². The number of furan rings is 1. The van der Waals surface area contributed by atoms with Gasteiger partial charge in [0.1, 0.15) is 12.4 Å². The molecule has 1 aliphatic rings. The lowest BCUT2D eigenvalue weighted by atomic mass is 9.83. The van der Waals surface area contributed by atoms with Crippen LogP contribution >= 0.6 is 0 Å². The number of hydrogen-bond acceptors (Lipinski definition) is 4. The molecule has 1 atom stereocenters. The highest BCUT2D eigenvalue weighted by atomic mass is 16.4. The lowest BCUT2D eigenvalue weighted by Gasteiger charge is -2.35. The van der Waals surface area contributed by atoms with Crippen molar-refractivity contribution in [1.29, 1.82) is 5.26 Å². The van der Waals surface area contributed by atoms with E-state index in [1.54, 1.807) is 17.0 Å². The van der Waals surface area contributed by atoms with Crippen molar-refractivity contribution in [2.45, 2.75) is 26.4 Å². The maximum absolute atomic E-state index is 12.2. The molecular weight excluding hydrogens is 232 g/mol. The predicted molar refractivity (Wildman–Crippen MR) is 63.5 cm³/mol. The van der Waals surface area contributed by atoms with Crippen LogP contribution in [-0.2, 0) is 6.61 Å². The summed E-state index contributed by atoms with van der Waals surface area (Å²) in [6, 6.07) is 5.41. The van der Waals surface area contributed by atoms with Gasteiger partial charge in [-0.05, 0) is 31.9 Å². The minimum Gasteiger partial charge on any atom is -0.453 e. The quantitative estimate of drug-likeness (QED) is 0.861. The second kappa shape index (κ2) is 4.83. The molecule has 0 aliphatic carbocycles. The van der Waals surface area contributed by atoms with Crippen molar-refractivity contribution in [3.63, 3.8) is 0 Å². The molecule has 1 unspecified atom stereocenters. The highest BCUT2D eigenvalue weighted by Crippen LogP contribution is 2.29. The number of piperidine rings is 1. The zero-order valence-corrected chi connectivity index (χ0v) is 10.3. The Bertz CT molecular complexity index is 489. The van der Waals surface area contributed by atoms with Crippen molar-refractivity contribution >= 4 is 5.91 Å². The summed E-state index contributed by atoms with van der Waals surface area (Å²) >= 11 is 0. The topological polar surface area (TPSA) is 77.5 Å². The molecule has 1 N–H and O–H groups in total. The number of aliphatic hydroxyl groups excluding tert-OH is 1. The number of nitriles is 1. The number of aliphatic hydroxyl groups is 1. The Morgan fingerprint density at radius 1 is 1.67 bits per heavy atom. The van der Waals surface area contributed by atoms with Crippen molar-refractivity contribution in [2.24, 2.45) is 5.41 Å². The summed E-state index contributed by atoms with van der Waals surface area (Å²) in [6.45, 7) is 2.72. The summed E-state index contributed by atoms with van der Waals surface area (Å²) in [6.07, 6.45) is 1.64. The zero-order valence-electron chi connectivity index (χ0n) is 10.3. The summed E-state index contributed by atoms with van der Waals surface area (Å²) in [5, 5.41) is 18.0. The maximum atomic E-state index is 12.2. The normalized spacial score (nSPS) is 23.7. The van der Waals surface area contributed by atoms with Gasteiger partial charge in [-0.25, -0.2) is 0 Å². The molecule has 0 saturated carbocycles. The van der Waals surface area contributed by atoms with Crippen LogP contribution < -0.4 is 0 Å². The van der Waals surface area contributed by atoms with Gasteiger partial charge < -0.3 is 14.4 Å². The number of rotatable bonds is 2. The lowest BCUT2D eigenvalue weighted by Crippen LogP contribution is -2.44. The SMILES string of the molecule is CC1(C#N)CCCN(C(=O)c2ccc(CO)o2)C1. The molecule has 0 aromatic carbocycles. The summed E-state index contributed by atoms with van der Waals surface area (Å²) < 4.78 is 5.23. The smallest absolute Gasteiger partial charge is 0.289 e. The molecule has 1 saturated heterocycles. The zero-order chi connectivity index (χ0) is 13.2. The van der Waals surface area contributed by atoms with Crippen molar-refractivity contribution in [3.8, 4) is 6.07 Å². The number of likely N-dealkylation sites (tertiary alicyclic amines) is 1. The number of carbonyl (C=O) groups excluding carboxylic acids is 1. The Labute approximate surface area is 106 Å². The minimum atomic E-state index is -0.472. The van der Waals surface area contributed by atoms with Crippen LogP contribution in [0, 0.1) is 16.7 Å². The first-order valence-corrected chi connectivity index (χ1v) is 5.98. The first-order valence-electron chi connectivity index (χ1n) is 5.98. The molecule has 0 spiro atoms. The van der Waals surface area contributed by atoms with Gasteiger partial charge >= 0.3 is 0 Å². The van der Waals surface area contributed by atoms with Gasteiger partial charge in [0.25, 0.3) is 5.91 Å². The Hall–Kier alpha value is -1.80. The van der Waals surface area contributed by atoms with Crippen molar-refractivity contribution in [1.82, 2.24) is 4.90 Å². The van der Waals surface area contributed by atoms with Crippen molar-refractivity contribution in [3.05, 3.63) is 23.7 Å². The van der Waals surface area contributed by atoms with E-state index in [9.17, 15) is 4.79 Å². The van der Waals surface area contributed by atoms with E-state index in [0.717, 1.165) is 12.8 Å². The summed E-state index contributed by atoms with van der Waals surface area (Å²) in [5.41, 5.74) is -0.472. The van der Waals surface area contributed by atoms with Crippen LogP contribution in [0.2, 0.25) is 0 Å². The number of hydrogen-bond donors (Lipinski definition) is 1. The molecule has 5 nitrogen and oxygen atoms in total. The Morgan fingerprint density at radius 2 is 2.44 bits per heavy atom. The fourth-order valence-corrected chi connectivity index (χ4v) is 2.24. The molecule has 1 amide bonds. The van der Waals surface area contributed by atoms with Crippen LogP contribution in [0.5, 0.6) is 0 Å². The van der Waals surface area contributed by atoms with Gasteiger partial charge in [-0.2, -0.15) is 5.26 Å². The molecule has 1 aromatic heterocycles. The van der Waals surface area contributed by atoms with Crippen LogP contribution in [-0.4, -0.2) is 29.0 Å². The van der Waals surface area contributed by atoms with Gasteiger partial charge in [-0.15, -0.1) is 0 Å². The number of amides is 1. The van der Waals surface area contributed by atoms with Crippen LogP contribution in [0.1, 0.15) is 36.1 Å². The molecule has 2 heterocycles. The van der Waals surface area contributed by atoms with Crippen molar-refractivity contribution in [2.75, 3.05) is 13.1 Å². The largest absolute Gasteiger partial charge is 0.453 e. The first kappa shape index (κ1) is 12.7. The van der Waals surface area contributed by atoms with E-state index in [-0.39, 0.29) is 18.3 Å². The van der Waals surface area contributed by atoms with Gasteiger partial charge in [0.2, 0.25) is 0 Å². The maximum Gasteiger partial charge on any atom is 0.289 e. The predicted octanol–water partition coefficient (Wildman–Crippen LogP) is 1.54. The first-order chi connectivity index (χ1) is 8.58. The Morgan fingerprint density at radius 3 is 3.06 bits per heavy atom. The number of carbonyl (C=O) groups is 1. The molecule has 1 aromatic rings. The van der Waals surface area contributed by atoms with Crippen LogP contribution in [0.4, 0.5) is 0 Å². The van der Waals surface area contributed by atoms with Crippen LogP contribution in [0.25, 0.3) is 0 Å². The van der Waals surface area contributed by atoms with Gasteiger partial charge in [-0.3, -0.25) is 4.79 Å². The molecule has 0 radical (unpaired) electrons. The Kier molecular flexibility index (Phi) is 3.39. The van der Waals surface area contributed by atoms with Crippen molar-refractivity contribution < 1.29 is 14.3 Å². The molecule has 1 fully saturated rings. The fourth-order valence-electron chi connectivity index (χ4n) is 2.24. The monoisotopic (exact) mass is 248 g/mol. The Balaban J connectivity index is 2.12. The average molecular weight is 248 g/mol. The third-order valence-corrected chi connectivity index (χ3v) is 3.28. The van der Waals surface area contributed by atoms with Gasteiger partial charge in [0.05, 0.1) is 11.5 Å². The van der Waals surface area contributed by atoms with Gasteiger partial charge in [0, 0.05) is 13.1 Å². The van der Waals surface area contributed by atoms with E-state index in [2.05, 4.69) is 6.07 Å². The molecule has 1 aliphatic heterocycles. The van der Waals surface area contributed by atoms with E-state index in [4.69, 9.17) is 14.8 Å². The minimum absolute atomic E-state index is 0.212. The van der Waals surface area contributed by atoms with Gasteiger partial charge in [-0.1, -0.05) is 0 Å². The van der Waals surface area contributed by atoms with Gasteiger partial charge in [0.15, 0.2) is 5.76 Å². The van der Waals surface area contributed by atoms with E-state index >= 15 is 0 Å². The highest BCUT2D eigenvalue weighted by molar-refractivity contribution is 5.91. The second-order valence-electron chi connectivity index (χ2n) is 4.93. The van der Waals surface area contributed by atoms with E-state index in [1.807, 2.05) is 6.92 Å². The van der Waals surface area contributed by atoms with Crippen LogP contribution in [0.3, 0.4) is 0 Å². The fraction of sp³-hybridized carbons (Fsp3) is 0.538. The molecule has 5 heteroatoms. The van der Waals surface area contributed by atoms with E-state index in [1.165, 1.54) is 0 Å². The summed E-state index contributed by atoms with van der Waals surface area (Å²) in [4.78, 5) is 13.8. The third-order valence-electron chi connectivity index (χ3n) is 3.28. The molecule has 0 bridgehead atoms. The second-order valence-corrected chi connectivity index (χ2v) is 4.93. The lowest BCUT2D eigenvalue weighted by molar-refractivity contribution is 0.0594. The summed E-state index contributed by atoms with van der Waals surface area (Å²) in [5.74, 6) is 0.385. The standard InChI is InChI=1S/C13H16N2O3/c1-13(8-14)5-2-6-15(9-13)12(17)11-4-3-10(7-16)18-11/h3-4,16H,2,5-7,9H2,1H3. The molecule has 2 rings (SSSR count). The third kappa shape index (κ3) is 2.39. The van der Waals surface area contributed by atoms with Crippen LogP contribution in [0.15, 0.2) is 16.5 Å².